The Morgan fingerprint density at radius 3 is 1.96 bits per heavy atom. The van der Waals surface area contributed by atoms with Crippen molar-refractivity contribution in [2.24, 2.45) is 10.9 Å². The highest BCUT2D eigenvalue weighted by atomic mass is 16.1. The van der Waals surface area contributed by atoms with Crippen LogP contribution in [-0.4, -0.2) is 11.5 Å². The molecule has 136 valence electrons. The Labute approximate surface area is 165 Å². The van der Waals surface area contributed by atoms with Gasteiger partial charge in [-0.3, -0.25) is 9.79 Å². The molecule has 1 atom stereocenters. The molecule has 0 spiro atoms. The number of hydrogen-bond acceptors (Lipinski definition) is 2. The third-order valence-corrected chi connectivity index (χ3v) is 4.85. The summed E-state index contributed by atoms with van der Waals surface area (Å²) in [5, 5.41) is 0. The second kappa shape index (κ2) is 8.45. The molecule has 0 saturated heterocycles. The Morgan fingerprint density at radius 2 is 1.32 bits per heavy atom. The average Bonchev–Trinajstić information content (AvgIpc) is 3.25. The maximum Gasteiger partial charge on any atom is 0.190 e. The molecule has 1 aliphatic carbocycles. The Morgan fingerprint density at radius 1 is 0.750 bits per heavy atom. The second-order valence-electron chi connectivity index (χ2n) is 6.73. The first-order valence-electron chi connectivity index (χ1n) is 9.45. The van der Waals surface area contributed by atoms with Gasteiger partial charge in [-0.25, -0.2) is 0 Å². The van der Waals surface area contributed by atoms with Crippen molar-refractivity contribution in [1.29, 1.82) is 0 Å². The van der Waals surface area contributed by atoms with E-state index in [0.29, 0.717) is 12.1 Å². The number of carbonyl (C=O) groups excluding carboxylic acids is 1. The van der Waals surface area contributed by atoms with Gasteiger partial charge >= 0.3 is 0 Å². The number of hydrogen-bond donors (Lipinski definition) is 0. The normalized spacial score (nSPS) is 16.1. The zero-order valence-corrected chi connectivity index (χ0v) is 15.5. The number of nitrogens with zero attached hydrogens (tertiary/aromatic N) is 1. The molecule has 0 radical (unpaired) electrons. The fraction of sp³-hybridized carbons (Fsp3) is 0.0769. The fourth-order valence-electron chi connectivity index (χ4n) is 3.43. The Bertz CT molecular complexity index is 1030. The summed E-state index contributed by atoms with van der Waals surface area (Å²) >= 11 is 0. The first-order chi connectivity index (χ1) is 13.8. The quantitative estimate of drug-likeness (QED) is 0.410. The van der Waals surface area contributed by atoms with Crippen LogP contribution >= 0.6 is 0 Å². The predicted octanol–water partition coefficient (Wildman–Crippen LogP) is 5.67. The fourth-order valence-corrected chi connectivity index (χ4v) is 3.43. The lowest BCUT2D eigenvalue weighted by Gasteiger charge is -2.17. The first-order valence-corrected chi connectivity index (χ1v) is 9.45. The maximum atomic E-state index is 13.1. The lowest BCUT2D eigenvalue weighted by molar-refractivity contribution is 0.103. The van der Waals surface area contributed by atoms with E-state index >= 15 is 0 Å². The van der Waals surface area contributed by atoms with E-state index in [1.54, 1.807) is 0 Å². The van der Waals surface area contributed by atoms with Crippen LogP contribution in [0.5, 0.6) is 0 Å². The van der Waals surface area contributed by atoms with Crippen LogP contribution in [0, 0.1) is 5.92 Å². The van der Waals surface area contributed by atoms with Crippen LogP contribution in [0.3, 0.4) is 0 Å². The van der Waals surface area contributed by atoms with Crippen LogP contribution in [0.25, 0.3) is 0 Å². The minimum atomic E-state index is -0.140. The molecule has 28 heavy (non-hydrogen) atoms. The summed E-state index contributed by atoms with van der Waals surface area (Å²) in [4.78, 5) is 18.0. The highest BCUT2D eigenvalue weighted by Crippen LogP contribution is 2.28. The van der Waals surface area contributed by atoms with Crippen LogP contribution in [0.4, 0.5) is 0 Å². The van der Waals surface area contributed by atoms with Crippen molar-refractivity contribution in [3.63, 3.8) is 0 Å². The van der Waals surface area contributed by atoms with E-state index in [9.17, 15) is 4.79 Å². The van der Waals surface area contributed by atoms with Gasteiger partial charge in [0, 0.05) is 17.1 Å². The number of rotatable bonds is 6. The van der Waals surface area contributed by atoms with Crippen LogP contribution in [0.15, 0.2) is 120 Å². The molecule has 0 aromatic heterocycles. The summed E-state index contributed by atoms with van der Waals surface area (Å²) in [5.74, 6) is -0.0854. The van der Waals surface area contributed by atoms with Gasteiger partial charge in [-0.1, -0.05) is 109 Å². The van der Waals surface area contributed by atoms with E-state index in [1.807, 2.05) is 78.9 Å². The van der Waals surface area contributed by atoms with Crippen molar-refractivity contribution >= 4 is 11.5 Å². The van der Waals surface area contributed by atoms with Crippen molar-refractivity contribution < 1.29 is 4.79 Å². The molecule has 0 fully saturated rings. The van der Waals surface area contributed by atoms with Gasteiger partial charge in [0.05, 0.1) is 12.3 Å². The SMILES string of the molecule is O=C(C1=CC=CC1C(=NCc1ccccc1)c1ccccc1)c1ccccc1. The van der Waals surface area contributed by atoms with E-state index in [0.717, 1.165) is 22.4 Å². The molecule has 1 unspecified atom stereocenters. The third-order valence-electron chi connectivity index (χ3n) is 4.85. The van der Waals surface area contributed by atoms with Crippen molar-refractivity contribution in [2.75, 3.05) is 0 Å². The molecule has 0 bridgehead atoms. The maximum absolute atomic E-state index is 13.1. The molecule has 0 heterocycles. The van der Waals surface area contributed by atoms with Crippen molar-refractivity contribution in [3.8, 4) is 0 Å². The van der Waals surface area contributed by atoms with E-state index in [-0.39, 0.29) is 11.7 Å². The molecule has 1 aliphatic rings. The minimum absolute atomic E-state index is 0.0546. The molecular weight excluding hydrogens is 342 g/mol. The zero-order valence-electron chi connectivity index (χ0n) is 15.5. The highest BCUT2D eigenvalue weighted by molar-refractivity contribution is 6.17. The molecule has 0 N–H and O–H groups in total. The molecule has 0 aliphatic heterocycles. The van der Waals surface area contributed by atoms with Crippen LogP contribution in [0.1, 0.15) is 21.5 Å². The second-order valence-corrected chi connectivity index (χ2v) is 6.73. The number of allylic oxidation sites excluding steroid dienone is 4. The van der Waals surface area contributed by atoms with Crippen LogP contribution < -0.4 is 0 Å². The standard InChI is InChI=1S/C26H21NO/c28-26(22-15-8-3-9-16-22)24-18-10-17-23(24)25(21-13-6-2-7-14-21)27-19-20-11-4-1-5-12-20/h1-18,23H,19H2. The summed E-state index contributed by atoms with van der Waals surface area (Å²) in [7, 11) is 0. The molecular formula is C26H21NO. The van der Waals surface area contributed by atoms with Gasteiger partial charge in [0.25, 0.3) is 0 Å². The lowest BCUT2D eigenvalue weighted by atomic mass is 9.87. The summed E-state index contributed by atoms with van der Waals surface area (Å²) < 4.78 is 0. The Hall–Kier alpha value is -3.52. The summed E-state index contributed by atoms with van der Waals surface area (Å²) in [6.07, 6.45) is 5.94. The van der Waals surface area contributed by atoms with Gasteiger partial charge < -0.3 is 0 Å². The van der Waals surface area contributed by atoms with Gasteiger partial charge in [0.15, 0.2) is 5.78 Å². The number of carbonyl (C=O) groups is 1. The van der Waals surface area contributed by atoms with Crippen molar-refractivity contribution in [3.05, 3.63) is 131 Å². The van der Waals surface area contributed by atoms with Gasteiger partial charge in [-0.2, -0.15) is 0 Å². The molecule has 3 aromatic rings. The van der Waals surface area contributed by atoms with Gasteiger partial charge in [0.1, 0.15) is 0 Å². The molecule has 0 amide bonds. The number of Topliss-reactive ketones (excluding diaryl/α,β-unsaturated/α-hetero) is 1. The number of aliphatic imine (C=N–C) groups is 1. The molecule has 2 nitrogen and oxygen atoms in total. The highest BCUT2D eigenvalue weighted by Gasteiger charge is 2.27. The summed E-state index contributed by atoms with van der Waals surface area (Å²) in [6, 6.07) is 29.8. The third kappa shape index (κ3) is 3.91. The van der Waals surface area contributed by atoms with Crippen molar-refractivity contribution in [2.45, 2.75) is 6.54 Å². The number of benzene rings is 3. The Balaban J connectivity index is 1.69. The largest absolute Gasteiger partial charge is 0.289 e. The first kappa shape index (κ1) is 17.9. The summed E-state index contributed by atoms with van der Waals surface area (Å²) in [5.41, 5.74) is 4.59. The number of ketones is 1. The Kier molecular flexibility index (Phi) is 5.39. The van der Waals surface area contributed by atoms with Gasteiger partial charge in [0.2, 0.25) is 0 Å². The summed E-state index contributed by atoms with van der Waals surface area (Å²) in [6.45, 7) is 0.586. The van der Waals surface area contributed by atoms with E-state index in [1.165, 1.54) is 0 Å². The van der Waals surface area contributed by atoms with Crippen LogP contribution in [0.2, 0.25) is 0 Å². The predicted molar refractivity (Wildman–Crippen MR) is 115 cm³/mol. The lowest BCUT2D eigenvalue weighted by Crippen LogP contribution is -2.20. The topological polar surface area (TPSA) is 29.4 Å². The molecule has 3 aromatic carbocycles. The van der Waals surface area contributed by atoms with E-state index in [2.05, 4.69) is 30.3 Å². The van der Waals surface area contributed by atoms with Crippen molar-refractivity contribution in [1.82, 2.24) is 0 Å². The minimum Gasteiger partial charge on any atom is -0.289 e. The monoisotopic (exact) mass is 363 g/mol. The van der Waals surface area contributed by atoms with Gasteiger partial charge in [-0.05, 0) is 11.1 Å². The molecule has 2 heteroatoms. The van der Waals surface area contributed by atoms with E-state index in [4.69, 9.17) is 4.99 Å². The average molecular weight is 363 g/mol. The molecule has 4 rings (SSSR count). The molecule has 0 saturated carbocycles. The smallest absolute Gasteiger partial charge is 0.190 e. The van der Waals surface area contributed by atoms with Gasteiger partial charge in [-0.15, -0.1) is 0 Å². The van der Waals surface area contributed by atoms with Crippen LogP contribution in [-0.2, 0) is 6.54 Å². The van der Waals surface area contributed by atoms with E-state index < -0.39 is 0 Å². The zero-order chi connectivity index (χ0) is 19.2.